The van der Waals surface area contributed by atoms with E-state index in [4.69, 9.17) is 14.5 Å². The smallest absolute Gasteiger partial charge is 0.260 e. The van der Waals surface area contributed by atoms with Crippen molar-refractivity contribution >= 4 is 32.6 Å². The summed E-state index contributed by atoms with van der Waals surface area (Å²) < 4.78 is 12.2. The van der Waals surface area contributed by atoms with Gasteiger partial charge in [-0.3, -0.25) is 9.69 Å². The second-order valence-corrected chi connectivity index (χ2v) is 8.65. The van der Waals surface area contributed by atoms with Crippen LogP contribution in [0.5, 0.6) is 11.5 Å². The first-order valence-corrected chi connectivity index (χ1v) is 11.5. The molecule has 0 saturated carbocycles. The third-order valence-electron chi connectivity index (χ3n) is 4.92. The molecule has 1 aromatic heterocycles. The molecule has 0 fully saturated rings. The van der Waals surface area contributed by atoms with Gasteiger partial charge in [-0.2, -0.15) is 0 Å². The molecular weight excluding hydrogens is 410 g/mol. The molecule has 0 N–H and O–H groups in total. The lowest BCUT2D eigenvalue weighted by Gasteiger charge is -2.21. The molecule has 0 unspecified atom stereocenters. The van der Waals surface area contributed by atoms with Crippen LogP contribution < -0.4 is 14.4 Å². The third kappa shape index (κ3) is 5.95. The fourth-order valence-corrected chi connectivity index (χ4v) is 4.21. The van der Waals surface area contributed by atoms with Crippen LogP contribution in [0, 0.1) is 0 Å². The molecule has 0 atom stereocenters. The van der Waals surface area contributed by atoms with E-state index in [9.17, 15) is 4.79 Å². The van der Waals surface area contributed by atoms with Gasteiger partial charge < -0.3 is 14.4 Å². The zero-order chi connectivity index (χ0) is 22.2. The highest BCUT2D eigenvalue weighted by Crippen LogP contribution is 2.34. The lowest BCUT2D eigenvalue weighted by atomic mass is 10.2. The van der Waals surface area contributed by atoms with Gasteiger partial charge in [0, 0.05) is 12.1 Å². The number of hydrogen-bond donors (Lipinski definition) is 0. The van der Waals surface area contributed by atoms with Crippen molar-refractivity contribution < 1.29 is 14.3 Å². The fraction of sp³-hybridized carbons (Fsp3) is 0.417. The minimum Gasteiger partial charge on any atom is -0.494 e. The summed E-state index contributed by atoms with van der Waals surface area (Å²) >= 11 is 1.51. The van der Waals surface area contributed by atoms with E-state index in [0.29, 0.717) is 29.6 Å². The molecule has 0 aliphatic carbocycles. The number of para-hydroxylation sites is 1. The Labute approximate surface area is 188 Å². The summed E-state index contributed by atoms with van der Waals surface area (Å²) in [6, 6.07) is 13.2. The molecule has 0 radical (unpaired) electrons. The highest BCUT2D eigenvalue weighted by Gasteiger charge is 2.22. The molecule has 1 amide bonds. The van der Waals surface area contributed by atoms with Gasteiger partial charge in [-0.1, -0.05) is 30.7 Å². The van der Waals surface area contributed by atoms with E-state index in [2.05, 4.69) is 11.8 Å². The van der Waals surface area contributed by atoms with Gasteiger partial charge in [0.2, 0.25) is 0 Å². The Morgan fingerprint density at radius 1 is 1.06 bits per heavy atom. The quantitative estimate of drug-likeness (QED) is 0.388. The number of hydrogen-bond acceptors (Lipinski definition) is 6. The first kappa shape index (κ1) is 23.0. The van der Waals surface area contributed by atoms with Crippen molar-refractivity contribution in [2.45, 2.75) is 26.2 Å². The Morgan fingerprint density at radius 3 is 2.52 bits per heavy atom. The number of anilines is 1. The molecule has 0 spiro atoms. The number of benzene rings is 2. The van der Waals surface area contributed by atoms with Crippen molar-refractivity contribution in [3.8, 4) is 11.5 Å². The molecule has 31 heavy (non-hydrogen) atoms. The van der Waals surface area contributed by atoms with Crippen LogP contribution in [-0.2, 0) is 0 Å². The van der Waals surface area contributed by atoms with E-state index < -0.39 is 0 Å². The average Bonchev–Trinajstić information content (AvgIpc) is 3.21. The summed E-state index contributed by atoms with van der Waals surface area (Å²) in [4.78, 5) is 22.1. The van der Waals surface area contributed by atoms with Crippen LogP contribution in [0.4, 0.5) is 5.13 Å². The summed E-state index contributed by atoms with van der Waals surface area (Å²) in [5.74, 6) is 1.44. The summed E-state index contributed by atoms with van der Waals surface area (Å²) in [6.07, 6.45) is 2.96. The van der Waals surface area contributed by atoms with Crippen LogP contribution in [0.15, 0.2) is 42.5 Å². The van der Waals surface area contributed by atoms with Gasteiger partial charge in [-0.25, -0.2) is 4.98 Å². The molecule has 2 aromatic carbocycles. The summed E-state index contributed by atoms with van der Waals surface area (Å²) in [5, 5.41) is 0.687. The van der Waals surface area contributed by atoms with Crippen molar-refractivity contribution in [3.63, 3.8) is 0 Å². The number of aromatic nitrogens is 1. The number of carbonyl (C=O) groups is 1. The second-order valence-electron chi connectivity index (χ2n) is 7.64. The van der Waals surface area contributed by atoms with Gasteiger partial charge in [0.25, 0.3) is 5.91 Å². The van der Waals surface area contributed by atoms with E-state index in [1.54, 1.807) is 12.0 Å². The Morgan fingerprint density at radius 2 is 1.84 bits per heavy atom. The van der Waals surface area contributed by atoms with Gasteiger partial charge in [-0.15, -0.1) is 0 Å². The Hall–Kier alpha value is -2.64. The number of fused-ring (bicyclic) bond motifs is 1. The lowest BCUT2D eigenvalue weighted by molar-refractivity contribution is 0.0986. The summed E-state index contributed by atoms with van der Waals surface area (Å²) in [5.41, 5.74) is 1.41. The minimum atomic E-state index is -0.0584. The van der Waals surface area contributed by atoms with Crippen LogP contribution in [0.3, 0.4) is 0 Å². The van der Waals surface area contributed by atoms with Crippen LogP contribution in [-0.4, -0.2) is 56.7 Å². The molecule has 3 rings (SSSR count). The van der Waals surface area contributed by atoms with Gasteiger partial charge in [0.05, 0.1) is 18.4 Å². The lowest BCUT2D eigenvalue weighted by Crippen LogP contribution is -2.33. The molecule has 0 aliphatic heterocycles. The average molecular weight is 442 g/mol. The molecule has 166 valence electrons. The highest BCUT2D eigenvalue weighted by atomic mass is 32.1. The van der Waals surface area contributed by atoms with Crippen molar-refractivity contribution in [3.05, 3.63) is 48.0 Å². The third-order valence-corrected chi connectivity index (χ3v) is 5.97. The van der Waals surface area contributed by atoms with E-state index >= 15 is 0 Å². The monoisotopic (exact) mass is 441 g/mol. The molecule has 1 heterocycles. The fourth-order valence-electron chi connectivity index (χ4n) is 3.20. The van der Waals surface area contributed by atoms with E-state index in [1.165, 1.54) is 11.3 Å². The maximum Gasteiger partial charge on any atom is 0.260 e. The summed E-state index contributed by atoms with van der Waals surface area (Å²) in [7, 11) is 5.70. The van der Waals surface area contributed by atoms with E-state index in [-0.39, 0.29) is 5.91 Å². The number of carbonyl (C=O) groups excluding carboxylic acids is 1. The van der Waals surface area contributed by atoms with Gasteiger partial charge in [0.15, 0.2) is 5.13 Å². The van der Waals surface area contributed by atoms with Gasteiger partial charge >= 0.3 is 0 Å². The maximum absolute atomic E-state index is 13.4. The van der Waals surface area contributed by atoms with Gasteiger partial charge in [0.1, 0.15) is 17.0 Å². The SMILES string of the molecule is CCCCOc1ccc(C(=O)N(CCCN(C)C)c2nc3c(OC)cccc3s2)cc1. The first-order valence-electron chi connectivity index (χ1n) is 10.7. The van der Waals surface area contributed by atoms with Crippen molar-refractivity contribution in [1.82, 2.24) is 9.88 Å². The number of thiazole rings is 1. The molecule has 6 nitrogen and oxygen atoms in total. The van der Waals surface area contributed by atoms with Crippen molar-refractivity contribution in [2.75, 3.05) is 45.8 Å². The minimum absolute atomic E-state index is 0.0584. The number of ether oxygens (including phenoxy) is 2. The molecule has 0 saturated heterocycles. The zero-order valence-corrected chi connectivity index (χ0v) is 19.6. The number of unbranched alkanes of at least 4 members (excludes halogenated alkanes) is 1. The van der Waals surface area contributed by atoms with Crippen LogP contribution >= 0.6 is 11.3 Å². The van der Waals surface area contributed by atoms with E-state index in [0.717, 1.165) is 41.8 Å². The topological polar surface area (TPSA) is 54.9 Å². The van der Waals surface area contributed by atoms with Crippen molar-refractivity contribution in [2.24, 2.45) is 0 Å². The van der Waals surface area contributed by atoms with Crippen molar-refractivity contribution in [1.29, 1.82) is 0 Å². The number of rotatable bonds is 11. The van der Waals surface area contributed by atoms with Crippen LogP contribution in [0.1, 0.15) is 36.5 Å². The Balaban J connectivity index is 1.85. The van der Waals surface area contributed by atoms with E-state index in [1.807, 2.05) is 56.6 Å². The first-order chi connectivity index (χ1) is 15.0. The normalized spacial score (nSPS) is 11.1. The highest BCUT2D eigenvalue weighted by molar-refractivity contribution is 7.22. The Kier molecular flexibility index (Phi) is 8.26. The predicted molar refractivity (Wildman–Crippen MR) is 128 cm³/mol. The molecule has 0 aliphatic rings. The molecule has 3 aromatic rings. The number of amides is 1. The second kappa shape index (κ2) is 11.1. The standard InChI is InChI=1S/C24H31N3O3S/c1-5-6-17-30-19-13-11-18(12-14-19)23(28)27(16-8-15-26(2)3)24-25-22-20(29-4)9-7-10-21(22)31-24/h7,9-14H,5-6,8,15-17H2,1-4H3. The molecule has 7 heteroatoms. The number of nitrogens with zero attached hydrogens (tertiary/aromatic N) is 3. The summed E-state index contributed by atoms with van der Waals surface area (Å²) in [6.45, 7) is 4.30. The molecular formula is C24H31N3O3S. The molecule has 0 bridgehead atoms. The Bertz CT molecular complexity index is 985. The van der Waals surface area contributed by atoms with Crippen LogP contribution in [0.2, 0.25) is 0 Å². The largest absolute Gasteiger partial charge is 0.494 e. The zero-order valence-electron chi connectivity index (χ0n) is 18.8. The van der Waals surface area contributed by atoms with Gasteiger partial charge in [-0.05, 0) is 69.9 Å². The predicted octanol–water partition coefficient (Wildman–Crippen LogP) is 5.08. The van der Waals surface area contributed by atoms with Crippen LogP contribution in [0.25, 0.3) is 10.2 Å². The maximum atomic E-state index is 13.4. The number of methoxy groups -OCH3 is 1.